The quantitative estimate of drug-likeness (QED) is 0.490. The summed E-state index contributed by atoms with van der Waals surface area (Å²) in [5.41, 5.74) is 0. The number of aromatic nitrogens is 1. The van der Waals surface area contributed by atoms with Gasteiger partial charge in [0.15, 0.2) is 5.03 Å². The average molecular weight is 100 g/mol. The molecule has 3 heteroatoms. The molecule has 6 heavy (non-hydrogen) atoms. The van der Waals surface area contributed by atoms with Crippen molar-refractivity contribution < 1.29 is 4.52 Å². The summed E-state index contributed by atoms with van der Waals surface area (Å²) in [6.45, 7) is 0. The molecule has 0 spiro atoms. The highest BCUT2D eigenvalue weighted by molar-refractivity contribution is 7.80. The zero-order chi connectivity index (χ0) is 4.41. The van der Waals surface area contributed by atoms with Crippen molar-refractivity contribution in [3.8, 4) is 0 Å². The van der Waals surface area contributed by atoms with Gasteiger partial charge in [-0.3, -0.25) is 0 Å². The third kappa shape index (κ3) is 0.490. The Labute approximate surface area is 40.6 Å². The van der Waals surface area contributed by atoms with Gasteiger partial charge in [-0.1, -0.05) is 17.8 Å². The molecule has 0 bridgehead atoms. The first-order chi connectivity index (χ1) is 2.89. The van der Waals surface area contributed by atoms with E-state index in [0.717, 1.165) is 0 Å². The molecule has 1 heterocycles. The Balaban J connectivity index is 3.05. The lowest BCUT2D eigenvalue weighted by Gasteiger charge is -1.59. The summed E-state index contributed by atoms with van der Waals surface area (Å²) >= 11 is 4.54. The zero-order valence-corrected chi connectivity index (χ0v) is 3.73. The van der Waals surface area contributed by atoms with Crippen LogP contribution in [0.15, 0.2) is 21.9 Å². The van der Waals surface area contributed by atoms with Gasteiger partial charge in [-0.15, -0.1) is 0 Å². The van der Waals surface area contributed by atoms with Gasteiger partial charge in [-0.25, -0.2) is 0 Å². The first-order valence-electron chi connectivity index (χ1n) is 1.47. The van der Waals surface area contributed by atoms with E-state index in [1.807, 2.05) is 0 Å². The molecule has 0 saturated carbocycles. The van der Waals surface area contributed by atoms with Crippen LogP contribution in [0.4, 0.5) is 0 Å². The van der Waals surface area contributed by atoms with Crippen molar-refractivity contribution in [2.45, 2.75) is 5.03 Å². The first-order valence-corrected chi connectivity index (χ1v) is 1.88. The molecule has 1 rings (SSSR count). The Bertz CT molecular complexity index is 114. The molecular formula is C3H2NOS. The van der Waals surface area contributed by atoms with Crippen LogP contribution in [0.1, 0.15) is 0 Å². The molecule has 0 aliphatic carbocycles. The number of hydrogen-bond donors (Lipinski definition) is 0. The van der Waals surface area contributed by atoms with Crippen LogP contribution in [0, 0.1) is 0 Å². The fourth-order valence-electron chi connectivity index (χ4n) is 0.201. The predicted octanol–water partition coefficient (Wildman–Crippen LogP) is 1.23. The van der Waals surface area contributed by atoms with Gasteiger partial charge >= 0.3 is 0 Å². The molecule has 0 amide bonds. The van der Waals surface area contributed by atoms with E-state index in [-0.39, 0.29) is 0 Å². The molecular weight excluding hydrogens is 98.1 g/mol. The van der Waals surface area contributed by atoms with Gasteiger partial charge in [0, 0.05) is 6.07 Å². The molecule has 0 aliphatic heterocycles. The molecule has 2 nitrogen and oxygen atoms in total. The van der Waals surface area contributed by atoms with Gasteiger partial charge < -0.3 is 4.52 Å². The highest BCUT2D eigenvalue weighted by atomic mass is 32.1. The standard InChI is InChI=1S/C3H2NOS/c6-3-1-2-5-4-3/h1-2H. The smallest absolute Gasteiger partial charge is 0.169 e. The summed E-state index contributed by atoms with van der Waals surface area (Å²) in [6, 6.07) is 1.62. The molecule has 1 aromatic heterocycles. The van der Waals surface area contributed by atoms with Crippen LogP contribution in [0.25, 0.3) is 0 Å². The lowest BCUT2D eigenvalue weighted by atomic mass is 10.8. The van der Waals surface area contributed by atoms with Gasteiger partial charge in [0.25, 0.3) is 0 Å². The van der Waals surface area contributed by atoms with Gasteiger partial charge in [0.2, 0.25) is 0 Å². The summed E-state index contributed by atoms with van der Waals surface area (Å²) < 4.78 is 4.36. The van der Waals surface area contributed by atoms with Crippen LogP contribution in [-0.2, 0) is 0 Å². The van der Waals surface area contributed by atoms with Crippen molar-refractivity contribution in [1.29, 1.82) is 0 Å². The third-order valence-electron chi connectivity index (χ3n) is 0.414. The fourth-order valence-corrected chi connectivity index (χ4v) is 0.300. The second-order valence-electron chi connectivity index (χ2n) is 0.838. The van der Waals surface area contributed by atoms with Crippen LogP contribution in [0.3, 0.4) is 0 Å². The van der Waals surface area contributed by atoms with Gasteiger partial charge in [-0.05, 0) is 0 Å². The van der Waals surface area contributed by atoms with Gasteiger partial charge in [0.05, 0.1) is 0 Å². The maximum absolute atomic E-state index is 4.54. The minimum Gasteiger partial charge on any atom is -0.363 e. The molecule has 1 aromatic rings. The topological polar surface area (TPSA) is 26.0 Å². The maximum Gasteiger partial charge on any atom is 0.169 e. The second-order valence-corrected chi connectivity index (χ2v) is 1.26. The summed E-state index contributed by atoms with van der Waals surface area (Å²) in [4.78, 5) is 0. The zero-order valence-electron chi connectivity index (χ0n) is 2.92. The van der Waals surface area contributed by atoms with Gasteiger partial charge in [-0.2, -0.15) is 0 Å². The molecule has 0 N–H and O–H groups in total. The molecule has 0 saturated heterocycles. The van der Waals surface area contributed by atoms with Crippen LogP contribution in [0.2, 0.25) is 0 Å². The highest BCUT2D eigenvalue weighted by Gasteiger charge is 1.81. The molecule has 0 aliphatic rings. The largest absolute Gasteiger partial charge is 0.363 e. The Morgan fingerprint density at radius 1 is 1.83 bits per heavy atom. The van der Waals surface area contributed by atoms with E-state index in [9.17, 15) is 0 Å². The fraction of sp³-hybridized carbons (Fsp3) is 0. The van der Waals surface area contributed by atoms with E-state index in [2.05, 4.69) is 22.3 Å². The molecule has 31 valence electrons. The van der Waals surface area contributed by atoms with Crippen LogP contribution >= 0.6 is 12.6 Å². The van der Waals surface area contributed by atoms with Crippen molar-refractivity contribution in [2.24, 2.45) is 0 Å². The number of hydrogen-bond acceptors (Lipinski definition) is 2. The minimum absolute atomic E-state index is 0.509. The summed E-state index contributed by atoms with van der Waals surface area (Å²) in [5, 5.41) is 3.87. The molecule has 0 aromatic carbocycles. The van der Waals surface area contributed by atoms with E-state index in [1.54, 1.807) is 6.07 Å². The summed E-state index contributed by atoms with van der Waals surface area (Å²) in [5.74, 6) is 0. The SMILES string of the molecule is [S]c1ccon1. The van der Waals surface area contributed by atoms with E-state index >= 15 is 0 Å². The molecule has 0 fully saturated rings. The summed E-state index contributed by atoms with van der Waals surface area (Å²) in [6.07, 6.45) is 1.45. The van der Waals surface area contributed by atoms with Crippen molar-refractivity contribution in [3.05, 3.63) is 12.3 Å². The lowest BCUT2D eigenvalue weighted by molar-refractivity contribution is 0.404. The van der Waals surface area contributed by atoms with E-state index in [4.69, 9.17) is 0 Å². The average Bonchev–Trinajstić information content (AvgIpc) is 1.86. The lowest BCUT2D eigenvalue weighted by Crippen LogP contribution is -1.51. The Morgan fingerprint density at radius 3 is 2.83 bits per heavy atom. The predicted molar refractivity (Wildman–Crippen MR) is 22.4 cm³/mol. The Hall–Kier alpha value is -0.570. The van der Waals surface area contributed by atoms with Crippen molar-refractivity contribution in [3.63, 3.8) is 0 Å². The van der Waals surface area contributed by atoms with E-state index in [1.165, 1.54) is 6.26 Å². The van der Waals surface area contributed by atoms with E-state index < -0.39 is 0 Å². The molecule has 0 unspecified atom stereocenters. The van der Waals surface area contributed by atoms with Crippen LogP contribution < -0.4 is 0 Å². The third-order valence-corrected chi connectivity index (χ3v) is 0.625. The second kappa shape index (κ2) is 1.26. The van der Waals surface area contributed by atoms with Crippen LogP contribution in [0.5, 0.6) is 0 Å². The molecule has 0 atom stereocenters. The van der Waals surface area contributed by atoms with Crippen molar-refractivity contribution in [1.82, 2.24) is 5.16 Å². The van der Waals surface area contributed by atoms with Crippen molar-refractivity contribution >= 4 is 12.6 Å². The van der Waals surface area contributed by atoms with Crippen molar-refractivity contribution in [2.75, 3.05) is 0 Å². The Morgan fingerprint density at radius 2 is 2.67 bits per heavy atom. The van der Waals surface area contributed by atoms with Crippen LogP contribution in [-0.4, -0.2) is 5.16 Å². The Kier molecular flexibility index (Phi) is 0.759. The monoisotopic (exact) mass is 100.0 g/mol. The first kappa shape index (κ1) is 3.61. The minimum atomic E-state index is 0.509. The van der Waals surface area contributed by atoms with E-state index in [0.29, 0.717) is 5.03 Å². The highest BCUT2D eigenvalue weighted by Crippen LogP contribution is 1.96. The summed E-state index contributed by atoms with van der Waals surface area (Å²) in [7, 11) is 0. The maximum atomic E-state index is 4.54. The number of rotatable bonds is 0. The molecule has 1 radical (unpaired) electrons. The van der Waals surface area contributed by atoms with Gasteiger partial charge in [0.1, 0.15) is 6.26 Å². The normalized spacial score (nSPS) is 8.67. The number of nitrogens with zero attached hydrogens (tertiary/aromatic N) is 1.